The van der Waals surface area contributed by atoms with E-state index in [0.29, 0.717) is 30.2 Å². The number of methoxy groups -OCH3 is 1. The number of ether oxygens (including phenoxy) is 2. The number of benzene rings is 1. The van der Waals surface area contributed by atoms with E-state index in [1.807, 2.05) is 0 Å². The highest BCUT2D eigenvalue weighted by atomic mass is 16.5. The van der Waals surface area contributed by atoms with Crippen LogP contribution in [0.2, 0.25) is 0 Å². The van der Waals surface area contributed by atoms with Crippen LogP contribution in [0.25, 0.3) is 0 Å². The van der Waals surface area contributed by atoms with Gasteiger partial charge in [0.05, 0.1) is 7.11 Å². The fraction of sp³-hybridized carbons (Fsp3) is 0.471. The second-order valence-electron chi connectivity index (χ2n) is 5.31. The molecule has 2 rings (SSSR count). The SMILES string of the molecule is C=CCOc1ccc(C(=O)NCCN2CCNCC2)cc1OC. The van der Waals surface area contributed by atoms with Gasteiger partial charge in [-0.05, 0) is 18.2 Å². The number of piperazine rings is 1. The largest absolute Gasteiger partial charge is 0.493 e. The van der Waals surface area contributed by atoms with Crippen molar-refractivity contribution in [1.82, 2.24) is 15.5 Å². The lowest BCUT2D eigenvalue weighted by Gasteiger charge is -2.27. The summed E-state index contributed by atoms with van der Waals surface area (Å²) >= 11 is 0. The van der Waals surface area contributed by atoms with Crippen LogP contribution in [-0.2, 0) is 0 Å². The van der Waals surface area contributed by atoms with Crippen LogP contribution in [-0.4, -0.2) is 63.8 Å². The molecule has 1 saturated heterocycles. The van der Waals surface area contributed by atoms with Gasteiger partial charge in [0.2, 0.25) is 0 Å². The maximum Gasteiger partial charge on any atom is 0.251 e. The predicted molar refractivity (Wildman–Crippen MR) is 90.3 cm³/mol. The topological polar surface area (TPSA) is 62.8 Å². The zero-order valence-corrected chi connectivity index (χ0v) is 13.6. The molecule has 0 aromatic heterocycles. The van der Waals surface area contributed by atoms with E-state index in [2.05, 4.69) is 22.1 Å². The van der Waals surface area contributed by atoms with Crippen molar-refractivity contribution < 1.29 is 14.3 Å². The van der Waals surface area contributed by atoms with Crippen molar-refractivity contribution in [2.75, 3.05) is 53.0 Å². The lowest BCUT2D eigenvalue weighted by molar-refractivity contribution is 0.0947. The first-order valence-electron chi connectivity index (χ1n) is 7.87. The van der Waals surface area contributed by atoms with E-state index in [0.717, 1.165) is 32.7 Å². The van der Waals surface area contributed by atoms with Crippen LogP contribution in [0.4, 0.5) is 0 Å². The fourth-order valence-corrected chi connectivity index (χ4v) is 2.44. The minimum atomic E-state index is -0.103. The quantitative estimate of drug-likeness (QED) is 0.697. The minimum absolute atomic E-state index is 0.103. The summed E-state index contributed by atoms with van der Waals surface area (Å²) in [5, 5.41) is 6.26. The van der Waals surface area contributed by atoms with Crippen molar-refractivity contribution in [2.24, 2.45) is 0 Å². The molecular formula is C17H25N3O3. The third kappa shape index (κ3) is 5.26. The van der Waals surface area contributed by atoms with Gasteiger partial charge in [-0.15, -0.1) is 0 Å². The molecule has 23 heavy (non-hydrogen) atoms. The molecule has 0 radical (unpaired) electrons. The van der Waals surface area contributed by atoms with Crippen molar-refractivity contribution in [1.29, 1.82) is 0 Å². The van der Waals surface area contributed by atoms with Gasteiger partial charge in [0.15, 0.2) is 11.5 Å². The predicted octanol–water partition coefficient (Wildman–Crippen LogP) is 0.895. The number of nitrogens with zero attached hydrogens (tertiary/aromatic N) is 1. The van der Waals surface area contributed by atoms with E-state index < -0.39 is 0 Å². The van der Waals surface area contributed by atoms with E-state index >= 15 is 0 Å². The van der Waals surface area contributed by atoms with Gasteiger partial charge in [0, 0.05) is 44.8 Å². The average molecular weight is 319 g/mol. The molecule has 1 aliphatic rings. The highest BCUT2D eigenvalue weighted by Crippen LogP contribution is 2.28. The molecule has 1 amide bonds. The van der Waals surface area contributed by atoms with Crippen molar-refractivity contribution >= 4 is 5.91 Å². The summed E-state index contributed by atoms with van der Waals surface area (Å²) in [6.45, 7) is 9.58. The molecule has 1 fully saturated rings. The Morgan fingerprint density at radius 2 is 2.17 bits per heavy atom. The molecule has 2 N–H and O–H groups in total. The summed E-state index contributed by atoms with van der Waals surface area (Å²) in [6.07, 6.45) is 1.66. The number of nitrogens with one attached hydrogen (secondary N) is 2. The Labute approximate surface area is 137 Å². The van der Waals surface area contributed by atoms with Crippen LogP contribution in [0.3, 0.4) is 0 Å². The lowest BCUT2D eigenvalue weighted by atomic mass is 10.2. The molecule has 0 atom stereocenters. The Morgan fingerprint density at radius 3 is 2.87 bits per heavy atom. The van der Waals surface area contributed by atoms with Crippen molar-refractivity contribution in [3.05, 3.63) is 36.4 Å². The third-order valence-electron chi connectivity index (χ3n) is 3.71. The molecule has 1 aromatic rings. The zero-order valence-electron chi connectivity index (χ0n) is 13.6. The average Bonchev–Trinajstić information content (AvgIpc) is 2.60. The van der Waals surface area contributed by atoms with Gasteiger partial charge in [-0.2, -0.15) is 0 Å². The molecule has 0 bridgehead atoms. The highest BCUT2D eigenvalue weighted by molar-refractivity contribution is 5.94. The minimum Gasteiger partial charge on any atom is -0.493 e. The fourth-order valence-electron chi connectivity index (χ4n) is 2.44. The lowest BCUT2D eigenvalue weighted by Crippen LogP contribution is -2.46. The van der Waals surface area contributed by atoms with Crippen molar-refractivity contribution in [2.45, 2.75) is 0 Å². The van der Waals surface area contributed by atoms with E-state index in [1.54, 1.807) is 31.4 Å². The molecule has 1 aliphatic heterocycles. The number of rotatable bonds is 8. The van der Waals surface area contributed by atoms with Gasteiger partial charge < -0.3 is 20.1 Å². The number of hydrogen-bond donors (Lipinski definition) is 2. The molecule has 6 heteroatoms. The summed E-state index contributed by atoms with van der Waals surface area (Å²) in [5.41, 5.74) is 0.563. The van der Waals surface area contributed by atoms with E-state index in [4.69, 9.17) is 9.47 Å². The van der Waals surface area contributed by atoms with E-state index in [1.165, 1.54) is 0 Å². The first-order valence-corrected chi connectivity index (χ1v) is 7.87. The number of hydrogen-bond acceptors (Lipinski definition) is 5. The van der Waals surface area contributed by atoms with Gasteiger partial charge >= 0.3 is 0 Å². The molecule has 0 saturated carbocycles. The maximum absolute atomic E-state index is 12.2. The molecule has 126 valence electrons. The Kier molecular flexibility index (Phi) is 6.90. The number of carbonyl (C=O) groups excluding carboxylic acids is 1. The van der Waals surface area contributed by atoms with Crippen molar-refractivity contribution in [3.8, 4) is 11.5 Å². The normalized spacial score (nSPS) is 15.0. The van der Waals surface area contributed by atoms with E-state index in [9.17, 15) is 4.79 Å². The molecular weight excluding hydrogens is 294 g/mol. The number of amides is 1. The van der Waals surface area contributed by atoms with Crippen LogP contribution >= 0.6 is 0 Å². The monoisotopic (exact) mass is 319 g/mol. The van der Waals surface area contributed by atoms with Gasteiger partial charge in [0.1, 0.15) is 6.61 Å². The first-order chi connectivity index (χ1) is 11.2. The van der Waals surface area contributed by atoms with Crippen molar-refractivity contribution in [3.63, 3.8) is 0 Å². The highest BCUT2D eigenvalue weighted by Gasteiger charge is 2.12. The van der Waals surface area contributed by atoms with Crippen LogP contribution in [0.5, 0.6) is 11.5 Å². The molecule has 1 heterocycles. The first kappa shape index (κ1) is 17.3. The summed E-state index contributed by atoms with van der Waals surface area (Å²) in [4.78, 5) is 14.6. The summed E-state index contributed by atoms with van der Waals surface area (Å²) in [6, 6.07) is 5.17. The van der Waals surface area contributed by atoms with Crippen LogP contribution in [0, 0.1) is 0 Å². The molecule has 0 unspecified atom stereocenters. The second-order valence-corrected chi connectivity index (χ2v) is 5.31. The Morgan fingerprint density at radius 1 is 1.39 bits per heavy atom. The van der Waals surface area contributed by atoms with E-state index in [-0.39, 0.29) is 5.91 Å². The molecule has 1 aromatic carbocycles. The third-order valence-corrected chi connectivity index (χ3v) is 3.71. The molecule has 0 spiro atoms. The summed E-state index contributed by atoms with van der Waals surface area (Å²) in [7, 11) is 1.56. The zero-order chi connectivity index (χ0) is 16.5. The Balaban J connectivity index is 1.86. The smallest absolute Gasteiger partial charge is 0.251 e. The van der Waals surface area contributed by atoms with Gasteiger partial charge in [0.25, 0.3) is 5.91 Å². The number of carbonyl (C=O) groups is 1. The Hall–Kier alpha value is -2.05. The van der Waals surface area contributed by atoms with Gasteiger partial charge in [-0.3, -0.25) is 9.69 Å². The van der Waals surface area contributed by atoms with Crippen LogP contribution < -0.4 is 20.1 Å². The maximum atomic E-state index is 12.2. The second kappa shape index (κ2) is 9.17. The molecule has 6 nitrogen and oxygen atoms in total. The summed E-state index contributed by atoms with van der Waals surface area (Å²) < 4.78 is 10.8. The van der Waals surface area contributed by atoms with Gasteiger partial charge in [-0.25, -0.2) is 0 Å². The van der Waals surface area contributed by atoms with Gasteiger partial charge in [-0.1, -0.05) is 12.7 Å². The van der Waals surface area contributed by atoms with Crippen LogP contribution in [0.15, 0.2) is 30.9 Å². The Bertz CT molecular complexity index is 528. The standard InChI is InChI=1S/C17H25N3O3/c1-3-12-23-15-5-4-14(13-16(15)22-2)17(21)19-8-11-20-9-6-18-7-10-20/h3-5,13,18H,1,6-12H2,2H3,(H,19,21). The molecule has 0 aliphatic carbocycles. The van der Waals surface area contributed by atoms with Crippen LogP contribution in [0.1, 0.15) is 10.4 Å². The summed E-state index contributed by atoms with van der Waals surface area (Å²) in [5.74, 6) is 1.04.